The number of anilines is 1. The summed E-state index contributed by atoms with van der Waals surface area (Å²) in [6.07, 6.45) is 2.10. The third-order valence-electron chi connectivity index (χ3n) is 4.49. The third kappa shape index (κ3) is 6.65. The third-order valence-corrected chi connectivity index (χ3v) is 4.49. The van der Waals surface area contributed by atoms with Crippen LogP contribution in [0.4, 0.5) is 15.0 Å². The normalized spacial score (nSPS) is 16.6. The predicted molar refractivity (Wildman–Crippen MR) is 105 cm³/mol. The van der Waals surface area contributed by atoms with Gasteiger partial charge in [-0.2, -0.15) is 0 Å². The zero-order chi connectivity index (χ0) is 20.9. The lowest BCUT2D eigenvalue weighted by Gasteiger charge is -2.36. The number of carbonyl (C=O) groups is 2. The van der Waals surface area contributed by atoms with Crippen LogP contribution < -0.4 is 10.6 Å². The molecule has 1 saturated heterocycles. The molecule has 2 amide bonds. The highest BCUT2D eigenvalue weighted by Gasteiger charge is 2.32. The topological polar surface area (TPSA) is 83.6 Å². The fraction of sp³-hybridized carbons (Fsp3) is 0.650. The Balaban J connectivity index is 1.89. The zero-order valence-corrected chi connectivity index (χ0v) is 17.3. The summed E-state index contributed by atoms with van der Waals surface area (Å²) in [5.41, 5.74) is -0.618. The van der Waals surface area contributed by atoms with Crippen LogP contribution in [0.15, 0.2) is 18.3 Å². The van der Waals surface area contributed by atoms with Crippen LogP contribution in [-0.4, -0.2) is 52.7 Å². The number of hydrogen-bond donors (Lipinski definition) is 2. The van der Waals surface area contributed by atoms with Gasteiger partial charge in [-0.05, 0) is 51.7 Å². The Morgan fingerprint density at radius 1 is 1.25 bits per heavy atom. The van der Waals surface area contributed by atoms with Gasteiger partial charge in [0, 0.05) is 19.1 Å². The molecule has 2 heterocycles. The second-order valence-electron chi connectivity index (χ2n) is 8.47. The summed E-state index contributed by atoms with van der Waals surface area (Å²) in [4.78, 5) is 30.8. The van der Waals surface area contributed by atoms with Gasteiger partial charge in [0.05, 0.1) is 6.20 Å². The molecule has 0 unspecified atom stereocenters. The average molecular weight is 394 g/mol. The van der Waals surface area contributed by atoms with Crippen molar-refractivity contribution in [2.24, 2.45) is 5.92 Å². The molecule has 0 spiro atoms. The van der Waals surface area contributed by atoms with Crippen LogP contribution in [0.3, 0.4) is 0 Å². The molecule has 1 aromatic rings. The van der Waals surface area contributed by atoms with Crippen LogP contribution in [0.5, 0.6) is 0 Å². The van der Waals surface area contributed by atoms with E-state index in [1.165, 1.54) is 12.3 Å². The van der Waals surface area contributed by atoms with Crippen molar-refractivity contribution in [3.8, 4) is 0 Å². The summed E-state index contributed by atoms with van der Waals surface area (Å²) < 4.78 is 18.2. The SMILES string of the molecule is CC(C)[C@H](NC(=O)OC(C)(C)C)C(=O)N1CCC(Nc2ccc(F)cn2)CC1. The van der Waals surface area contributed by atoms with E-state index in [-0.39, 0.29) is 23.7 Å². The maximum absolute atomic E-state index is 13.0. The first-order valence-electron chi connectivity index (χ1n) is 9.71. The number of carbonyl (C=O) groups excluding carboxylic acids is 2. The molecule has 0 aliphatic carbocycles. The molecule has 1 fully saturated rings. The first-order valence-corrected chi connectivity index (χ1v) is 9.71. The number of rotatable bonds is 5. The summed E-state index contributed by atoms with van der Waals surface area (Å²) in [6.45, 7) is 10.3. The summed E-state index contributed by atoms with van der Waals surface area (Å²) in [6, 6.07) is 2.51. The number of pyridine rings is 1. The molecule has 7 nitrogen and oxygen atoms in total. The average Bonchev–Trinajstić information content (AvgIpc) is 2.60. The first-order chi connectivity index (χ1) is 13.0. The Labute approximate surface area is 166 Å². The van der Waals surface area contributed by atoms with Crippen molar-refractivity contribution in [2.45, 2.75) is 65.1 Å². The van der Waals surface area contributed by atoms with Gasteiger partial charge in [-0.3, -0.25) is 4.79 Å². The van der Waals surface area contributed by atoms with Gasteiger partial charge in [-0.25, -0.2) is 14.2 Å². The Kier molecular flexibility index (Phi) is 7.21. The molecule has 0 aromatic carbocycles. The Morgan fingerprint density at radius 2 is 1.89 bits per heavy atom. The highest BCUT2D eigenvalue weighted by atomic mass is 19.1. The van der Waals surface area contributed by atoms with E-state index >= 15 is 0 Å². The highest BCUT2D eigenvalue weighted by molar-refractivity contribution is 5.86. The molecule has 1 aliphatic rings. The fourth-order valence-corrected chi connectivity index (χ4v) is 3.06. The van der Waals surface area contributed by atoms with Crippen LogP contribution >= 0.6 is 0 Å². The van der Waals surface area contributed by atoms with Gasteiger partial charge in [0.2, 0.25) is 5.91 Å². The van der Waals surface area contributed by atoms with Crippen molar-refractivity contribution in [2.75, 3.05) is 18.4 Å². The number of alkyl carbamates (subject to hydrolysis) is 1. The summed E-state index contributed by atoms with van der Waals surface area (Å²) in [5, 5.41) is 5.98. The van der Waals surface area contributed by atoms with E-state index in [0.717, 1.165) is 12.8 Å². The maximum Gasteiger partial charge on any atom is 0.408 e. The number of nitrogens with one attached hydrogen (secondary N) is 2. The zero-order valence-electron chi connectivity index (χ0n) is 17.3. The first kappa shape index (κ1) is 21.9. The number of ether oxygens (including phenoxy) is 1. The van der Waals surface area contributed by atoms with Crippen molar-refractivity contribution in [1.29, 1.82) is 0 Å². The van der Waals surface area contributed by atoms with E-state index in [1.54, 1.807) is 31.7 Å². The minimum Gasteiger partial charge on any atom is -0.444 e. The summed E-state index contributed by atoms with van der Waals surface area (Å²) in [7, 11) is 0. The van der Waals surface area contributed by atoms with Gasteiger partial charge >= 0.3 is 6.09 Å². The minimum atomic E-state index is -0.627. The smallest absolute Gasteiger partial charge is 0.408 e. The number of likely N-dealkylation sites (tertiary alicyclic amines) is 1. The van der Waals surface area contributed by atoms with E-state index in [1.807, 2.05) is 13.8 Å². The lowest BCUT2D eigenvalue weighted by Crippen LogP contribution is -2.54. The van der Waals surface area contributed by atoms with Gasteiger partial charge in [0.25, 0.3) is 0 Å². The number of hydrogen-bond acceptors (Lipinski definition) is 5. The lowest BCUT2D eigenvalue weighted by molar-refractivity contribution is -0.135. The highest BCUT2D eigenvalue weighted by Crippen LogP contribution is 2.18. The molecular weight excluding hydrogens is 363 g/mol. The van der Waals surface area contributed by atoms with Crippen LogP contribution in [0.2, 0.25) is 0 Å². The number of nitrogens with zero attached hydrogens (tertiary/aromatic N) is 2. The monoisotopic (exact) mass is 394 g/mol. The molecule has 2 rings (SSSR count). The van der Waals surface area contributed by atoms with Gasteiger partial charge in [0.1, 0.15) is 23.3 Å². The Morgan fingerprint density at radius 3 is 2.39 bits per heavy atom. The van der Waals surface area contributed by atoms with Crippen molar-refractivity contribution in [3.63, 3.8) is 0 Å². The fourth-order valence-electron chi connectivity index (χ4n) is 3.06. The van der Waals surface area contributed by atoms with Crippen LogP contribution in [0.1, 0.15) is 47.5 Å². The molecule has 28 heavy (non-hydrogen) atoms. The van der Waals surface area contributed by atoms with Crippen LogP contribution in [0, 0.1) is 11.7 Å². The minimum absolute atomic E-state index is 0.0562. The summed E-state index contributed by atoms with van der Waals surface area (Å²) >= 11 is 0. The van der Waals surface area contributed by atoms with Crippen LogP contribution in [0.25, 0.3) is 0 Å². The van der Waals surface area contributed by atoms with E-state index in [0.29, 0.717) is 18.9 Å². The second-order valence-corrected chi connectivity index (χ2v) is 8.47. The van der Waals surface area contributed by atoms with E-state index in [9.17, 15) is 14.0 Å². The number of aromatic nitrogens is 1. The molecule has 0 saturated carbocycles. The largest absolute Gasteiger partial charge is 0.444 e. The molecular formula is C20H31FN4O3. The molecule has 8 heteroatoms. The quantitative estimate of drug-likeness (QED) is 0.801. The van der Waals surface area contributed by atoms with Crippen molar-refractivity contribution >= 4 is 17.8 Å². The molecule has 1 atom stereocenters. The van der Waals surface area contributed by atoms with Crippen molar-refractivity contribution < 1.29 is 18.7 Å². The Hall–Kier alpha value is -2.38. The van der Waals surface area contributed by atoms with Gasteiger partial charge in [-0.1, -0.05) is 13.8 Å². The second kappa shape index (κ2) is 9.21. The van der Waals surface area contributed by atoms with E-state index in [4.69, 9.17) is 4.74 Å². The Bertz CT molecular complexity index is 665. The van der Waals surface area contributed by atoms with Crippen LogP contribution in [-0.2, 0) is 9.53 Å². The maximum atomic E-state index is 13.0. The van der Waals surface area contributed by atoms with E-state index in [2.05, 4.69) is 15.6 Å². The molecule has 2 N–H and O–H groups in total. The number of amides is 2. The van der Waals surface area contributed by atoms with Crippen molar-refractivity contribution in [3.05, 3.63) is 24.1 Å². The molecule has 156 valence electrons. The van der Waals surface area contributed by atoms with Gasteiger partial charge in [-0.15, -0.1) is 0 Å². The predicted octanol–water partition coefficient (Wildman–Crippen LogP) is 3.17. The summed E-state index contributed by atoms with van der Waals surface area (Å²) in [5.74, 6) is 0.0968. The van der Waals surface area contributed by atoms with Gasteiger partial charge < -0.3 is 20.3 Å². The molecule has 1 aliphatic heterocycles. The number of halogens is 1. The lowest BCUT2D eigenvalue weighted by atomic mass is 9.99. The molecule has 0 bridgehead atoms. The standard InChI is InChI=1S/C20H31FN4O3/c1-13(2)17(24-19(27)28-20(3,4)5)18(26)25-10-8-15(9-11-25)23-16-7-6-14(21)12-22-16/h6-7,12-13,15,17H,8-11H2,1-5H3,(H,22,23)(H,24,27)/t17-/m0/s1. The number of piperidine rings is 1. The van der Waals surface area contributed by atoms with Crippen molar-refractivity contribution in [1.82, 2.24) is 15.2 Å². The molecule has 1 aromatic heterocycles. The van der Waals surface area contributed by atoms with Gasteiger partial charge in [0.15, 0.2) is 0 Å². The van der Waals surface area contributed by atoms with E-state index < -0.39 is 17.7 Å². The molecule has 0 radical (unpaired) electrons.